The van der Waals surface area contributed by atoms with Gasteiger partial charge in [0.25, 0.3) is 0 Å². The average Bonchev–Trinajstić information content (AvgIpc) is 2.56. The third-order valence-electron chi connectivity index (χ3n) is 4.08. The number of halogens is 2. The van der Waals surface area contributed by atoms with Gasteiger partial charge in [0.15, 0.2) is 0 Å². The third-order valence-corrected chi connectivity index (χ3v) is 4.68. The first-order chi connectivity index (χ1) is 12.3. The van der Waals surface area contributed by atoms with Crippen LogP contribution in [0.4, 0.5) is 15.8 Å². The van der Waals surface area contributed by atoms with Crippen molar-refractivity contribution in [1.82, 2.24) is 5.32 Å². The number of sulfonamides is 1. The Bertz CT molecular complexity index is 951. The SMILES string of the molecule is CS(=O)(=O)Nc1cccc(CC(=O)Nc2ccc3c(c2F)CCNC3)c1.Cl. The molecule has 1 heterocycles. The van der Waals surface area contributed by atoms with E-state index in [2.05, 4.69) is 15.4 Å². The number of fused-ring (bicyclic) bond motifs is 1. The Balaban J connectivity index is 0.00000261. The Morgan fingerprint density at radius 3 is 2.78 bits per heavy atom. The lowest BCUT2D eigenvalue weighted by atomic mass is 9.99. The molecule has 6 nitrogen and oxygen atoms in total. The second-order valence-corrected chi connectivity index (χ2v) is 8.04. The average molecular weight is 414 g/mol. The zero-order valence-electron chi connectivity index (χ0n) is 14.7. The van der Waals surface area contributed by atoms with Gasteiger partial charge in [0.2, 0.25) is 15.9 Å². The van der Waals surface area contributed by atoms with Gasteiger partial charge in [-0.3, -0.25) is 9.52 Å². The van der Waals surface area contributed by atoms with Gasteiger partial charge >= 0.3 is 0 Å². The largest absolute Gasteiger partial charge is 0.323 e. The van der Waals surface area contributed by atoms with E-state index < -0.39 is 10.0 Å². The van der Waals surface area contributed by atoms with Crippen LogP contribution in [0, 0.1) is 5.82 Å². The number of hydrogen-bond acceptors (Lipinski definition) is 4. The van der Waals surface area contributed by atoms with Gasteiger partial charge in [-0.15, -0.1) is 12.4 Å². The summed E-state index contributed by atoms with van der Waals surface area (Å²) < 4.78 is 39.5. The summed E-state index contributed by atoms with van der Waals surface area (Å²) in [6, 6.07) is 9.93. The summed E-state index contributed by atoms with van der Waals surface area (Å²) in [6.45, 7) is 1.34. The van der Waals surface area contributed by atoms with Crippen molar-refractivity contribution in [1.29, 1.82) is 0 Å². The van der Waals surface area contributed by atoms with Crippen molar-refractivity contribution >= 4 is 39.7 Å². The van der Waals surface area contributed by atoms with Gasteiger partial charge in [0.05, 0.1) is 18.4 Å². The number of nitrogens with one attached hydrogen (secondary N) is 3. The lowest BCUT2D eigenvalue weighted by molar-refractivity contribution is -0.115. The summed E-state index contributed by atoms with van der Waals surface area (Å²) >= 11 is 0. The molecule has 0 aliphatic carbocycles. The van der Waals surface area contributed by atoms with Crippen LogP contribution in [0.15, 0.2) is 36.4 Å². The molecule has 0 radical (unpaired) electrons. The van der Waals surface area contributed by atoms with E-state index >= 15 is 0 Å². The number of anilines is 2. The molecule has 0 saturated heterocycles. The second-order valence-electron chi connectivity index (χ2n) is 6.29. The van der Waals surface area contributed by atoms with Crippen molar-refractivity contribution in [2.75, 3.05) is 22.8 Å². The topological polar surface area (TPSA) is 87.3 Å². The second kappa shape index (κ2) is 8.69. The van der Waals surface area contributed by atoms with Crippen molar-refractivity contribution in [2.45, 2.75) is 19.4 Å². The van der Waals surface area contributed by atoms with Crippen molar-refractivity contribution in [3.8, 4) is 0 Å². The van der Waals surface area contributed by atoms with Crippen molar-refractivity contribution in [3.05, 3.63) is 58.9 Å². The Morgan fingerprint density at radius 2 is 2.04 bits per heavy atom. The molecule has 0 fully saturated rings. The van der Waals surface area contributed by atoms with E-state index in [-0.39, 0.29) is 36.2 Å². The molecule has 2 aromatic carbocycles. The summed E-state index contributed by atoms with van der Waals surface area (Å²) in [7, 11) is -3.39. The zero-order chi connectivity index (χ0) is 18.7. The predicted molar refractivity (Wildman–Crippen MR) is 106 cm³/mol. The fraction of sp³-hybridized carbons (Fsp3) is 0.278. The van der Waals surface area contributed by atoms with Crippen LogP contribution in [0.5, 0.6) is 0 Å². The Labute approximate surface area is 164 Å². The highest BCUT2D eigenvalue weighted by Crippen LogP contribution is 2.24. The van der Waals surface area contributed by atoms with Crippen LogP contribution < -0.4 is 15.4 Å². The molecule has 1 aliphatic rings. The van der Waals surface area contributed by atoms with E-state index in [9.17, 15) is 17.6 Å². The van der Waals surface area contributed by atoms with Crippen LogP contribution in [0.1, 0.15) is 16.7 Å². The minimum absolute atomic E-state index is 0. The maximum absolute atomic E-state index is 14.6. The molecule has 9 heteroatoms. The lowest BCUT2D eigenvalue weighted by Gasteiger charge is -2.19. The highest BCUT2D eigenvalue weighted by atomic mass is 35.5. The molecule has 0 aromatic heterocycles. The molecular formula is C18H21ClFN3O3S. The van der Waals surface area contributed by atoms with Gasteiger partial charge in [-0.2, -0.15) is 0 Å². The number of benzene rings is 2. The van der Waals surface area contributed by atoms with Crippen molar-refractivity contribution in [3.63, 3.8) is 0 Å². The van der Waals surface area contributed by atoms with Gasteiger partial charge in [-0.25, -0.2) is 12.8 Å². The zero-order valence-corrected chi connectivity index (χ0v) is 16.3. The molecule has 0 bridgehead atoms. The predicted octanol–water partition coefficient (Wildman–Crippen LogP) is 2.45. The highest BCUT2D eigenvalue weighted by Gasteiger charge is 2.17. The fourth-order valence-electron chi connectivity index (χ4n) is 2.97. The first-order valence-electron chi connectivity index (χ1n) is 8.19. The summed E-state index contributed by atoms with van der Waals surface area (Å²) in [4.78, 5) is 12.3. The molecule has 1 amide bonds. The minimum Gasteiger partial charge on any atom is -0.323 e. The Morgan fingerprint density at radius 1 is 1.26 bits per heavy atom. The standard InChI is InChI=1S/C18H20FN3O3S.ClH/c1-26(24,25)22-14-4-2-3-12(9-14)10-17(23)21-16-6-5-13-11-20-8-7-15(13)18(16)19;/h2-6,9,20,22H,7-8,10-11H2,1H3,(H,21,23);1H. The minimum atomic E-state index is -3.39. The molecule has 1 aliphatic heterocycles. The van der Waals surface area contributed by atoms with Crippen LogP contribution in [0.25, 0.3) is 0 Å². The van der Waals surface area contributed by atoms with Gasteiger partial charge in [-0.05, 0) is 47.9 Å². The van der Waals surface area contributed by atoms with Crippen LogP contribution >= 0.6 is 12.4 Å². The van der Waals surface area contributed by atoms with Crippen LogP contribution in [0.2, 0.25) is 0 Å². The normalized spacial score (nSPS) is 13.3. The molecule has 146 valence electrons. The number of carbonyl (C=O) groups excluding carboxylic acids is 1. The third kappa shape index (κ3) is 5.66. The highest BCUT2D eigenvalue weighted by molar-refractivity contribution is 7.92. The van der Waals surface area contributed by atoms with Crippen LogP contribution in [-0.2, 0) is 34.2 Å². The maximum Gasteiger partial charge on any atom is 0.229 e. The molecule has 0 spiro atoms. The van der Waals surface area contributed by atoms with E-state index in [1.54, 1.807) is 30.3 Å². The van der Waals surface area contributed by atoms with E-state index in [0.717, 1.165) is 11.8 Å². The molecule has 3 N–H and O–H groups in total. The summed E-state index contributed by atoms with van der Waals surface area (Å²) in [5, 5.41) is 5.78. The van der Waals surface area contributed by atoms with Gasteiger partial charge in [0, 0.05) is 12.2 Å². The Kier molecular flexibility index (Phi) is 6.80. The molecular weight excluding hydrogens is 393 g/mol. The summed E-state index contributed by atoms with van der Waals surface area (Å²) in [5.41, 5.74) is 2.72. The molecule has 3 rings (SSSR count). The van der Waals surface area contributed by atoms with Gasteiger partial charge in [0.1, 0.15) is 5.82 Å². The smallest absolute Gasteiger partial charge is 0.229 e. The summed E-state index contributed by atoms with van der Waals surface area (Å²) in [6.07, 6.45) is 1.65. The molecule has 0 atom stereocenters. The molecule has 0 saturated carbocycles. The molecule has 27 heavy (non-hydrogen) atoms. The number of amides is 1. The molecule has 0 unspecified atom stereocenters. The maximum atomic E-state index is 14.6. The molecule has 2 aromatic rings. The van der Waals surface area contributed by atoms with Crippen LogP contribution in [0.3, 0.4) is 0 Å². The quantitative estimate of drug-likeness (QED) is 0.702. The van der Waals surface area contributed by atoms with Crippen LogP contribution in [-0.4, -0.2) is 27.1 Å². The number of hydrogen-bond donors (Lipinski definition) is 3. The fourth-order valence-corrected chi connectivity index (χ4v) is 3.52. The monoisotopic (exact) mass is 413 g/mol. The van der Waals surface area contributed by atoms with Crippen molar-refractivity contribution in [2.24, 2.45) is 0 Å². The van der Waals surface area contributed by atoms with Gasteiger partial charge in [-0.1, -0.05) is 18.2 Å². The van der Waals surface area contributed by atoms with E-state index in [0.29, 0.717) is 36.3 Å². The van der Waals surface area contributed by atoms with Crippen molar-refractivity contribution < 1.29 is 17.6 Å². The Hall–Kier alpha value is -2.16. The summed E-state index contributed by atoms with van der Waals surface area (Å²) in [5.74, 6) is -0.751. The number of rotatable bonds is 5. The first kappa shape index (κ1) is 21.1. The van der Waals surface area contributed by atoms with E-state index in [4.69, 9.17) is 0 Å². The first-order valence-corrected chi connectivity index (χ1v) is 10.1. The number of carbonyl (C=O) groups is 1. The van der Waals surface area contributed by atoms with E-state index in [1.165, 1.54) is 0 Å². The van der Waals surface area contributed by atoms with Gasteiger partial charge < -0.3 is 10.6 Å². The lowest BCUT2D eigenvalue weighted by Crippen LogP contribution is -2.25. The van der Waals surface area contributed by atoms with E-state index in [1.807, 2.05) is 6.07 Å².